The lowest BCUT2D eigenvalue weighted by Gasteiger charge is -2.33. The minimum absolute atomic E-state index is 0.0763. The van der Waals surface area contributed by atoms with Crippen LogP contribution in [0.25, 0.3) is 0 Å². The number of carbonyl (C=O) groups is 1. The normalized spacial score (nSPS) is 23.4. The van der Waals surface area contributed by atoms with Gasteiger partial charge in [0.2, 0.25) is 15.9 Å². The van der Waals surface area contributed by atoms with Crippen molar-refractivity contribution >= 4 is 21.7 Å². The minimum atomic E-state index is -3.33. The Bertz CT molecular complexity index is 674. The zero-order valence-corrected chi connectivity index (χ0v) is 14.6. The second kappa shape index (κ2) is 7.02. The molecule has 0 spiro atoms. The SMILES string of the molecule is CS(=O)(=O)N1CCC[C@H]1C(=O)NC1CCN(c2cnccn2)CC1. The third-order valence-electron chi connectivity index (χ3n) is 4.65. The Morgan fingerprint density at radius 2 is 1.96 bits per heavy atom. The number of carbonyl (C=O) groups excluding carboxylic acids is 1. The van der Waals surface area contributed by atoms with Crippen LogP contribution in [0.1, 0.15) is 25.7 Å². The third-order valence-corrected chi connectivity index (χ3v) is 5.94. The Morgan fingerprint density at radius 1 is 1.21 bits per heavy atom. The quantitative estimate of drug-likeness (QED) is 0.818. The maximum atomic E-state index is 12.5. The predicted molar refractivity (Wildman–Crippen MR) is 90.0 cm³/mol. The van der Waals surface area contributed by atoms with Gasteiger partial charge < -0.3 is 10.2 Å². The molecule has 1 amide bonds. The van der Waals surface area contributed by atoms with Gasteiger partial charge in [0.05, 0.1) is 12.5 Å². The first-order valence-corrected chi connectivity index (χ1v) is 10.1. The monoisotopic (exact) mass is 353 g/mol. The summed E-state index contributed by atoms with van der Waals surface area (Å²) < 4.78 is 24.9. The molecule has 9 heteroatoms. The number of anilines is 1. The second-order valence-corrected chi connectivity index (χ2v) is 8.30. The van der Waals surface area contributed by atoms with E-state index in [0.717, 1.165) is 44.4 Å². The summed E-state index contributed by atoms with van der Waals surface area (Å²) in [7, 11) is -3.33. The Balaban J connectivity index is 1.53. The number of rotatable bonds is 4. The van der Waals surface area contributed by atoms with Crippen molar-refractivity contribution in [3.8, 4) is 0 Å². The lowest BCUT2D eigenvalue weighted by Crippen LogP contribution is -2.51. The number of hydrogen-bond donors (Lipinski definition) is 1. The van der Waals surface area contributed by atoms with Crippen LogP contribution in [-0.2, 0) is 14.8 Å². The van der Waals surface area contributed by atoms with Crippen LogP contribution in [0.15, 0.2) is 18.6 Å². The largest absolute Gasteiger partial charge is 0.355 e. The van der Waals surface area contributed by atoms with E-state index < -0.39 is 16.1 Å². The summed E-state index contributed by atoms with van der Waals surface area (Å²) in [6.07, 6.45) is 9.17. The van der Waals surface area contributed by atoms with Crippen LogP contribution in [-0.4, -0.2) is 66.6 Å². The first-order valence-electron chi connectivity index (χ1n) is 8.23. The van der Waals surface area contributed by atoms with Gasteiger partial charge in [0, 0.05) is 38.1 Å². The van der Waals surface area contributed by atoms with Crippen molar-refractivity contribution in [2.75, 3.05) is 30.8 Å². The first kappa shape index (κ1) is 17.1. The van der Waals surface area contributed by atoms with Gasteiger partial charge in [0.25, 0.3) is 0 Å². The molecule has 132 valence electrons. The average molecular weight is 353 g/mol. The van der Waals surface area contributed by atoms with Crippen molar-refractivity contribution in [3.05, 3.63) is 18.6 Å². The minimum Gasteiger partial charge on any atom is -0.355 e. The van der Waals surface area contributed by atoms with E-state index in [2.05, 4.69) is 20.2 Å². The summed E-state index contributed by atoms with van der Waals surface area (Å²) in [6, 6.07) is -0.481. The van der Waals surface area contributed by atoms with E-state index >= 15 is 0 Å². The Morgan fingerprint density at radius 3 is 2.58 bits per heavy atom. The smallest absolute Gasteiger partial charge is 0.238 e. The fourth-order valence-corrected chi connectivity index (χ4v) is 4.53. The van der Waals surface area contributed by atoms with Crippen LogP contribution in [0.2, 0.25) is 0 Å². The van der Waals surface area contributed by atoms with Gasteiger partial charge in [0.15, 0.2) is 0 Å². The summed E-state index contributed by atoms with van der Waals surface area (Å²) in [5.41, 5.74) is 0. The first-order chi connectivity index (χ1) is 11.4. The molecule has 8 nitrogen and oxygen atoms in total. The maximum Gasteiger partial charge on any atom is 0.238 e. The van der Waals surface area contributed by atoms with Crippen LogP contribution >= 0.6 is 0 Å². The highest BCUT2D eigenvalue weighted by atomic mass is 32.2. The molecule has 2 saturated heterocycles. The van der Waals surface area contributed by atoms with Crippen molar-refractivity contribution in [2.24, 2.45) is 0 Å². The van der Waals surface area contributed by atoms with Gasteiger partial charge in [-0.1, -0.05) is 0 Å². The Labute approximate surface area is 142 Å². The molecule has 0 radical (unpaired) electrons. The van der Waals surface area contributed by atoms with E-state index in [9.17, 15) is 13.2 Å². The molecule has 1 aromatic rings. The van der Waals surface area contributed by atoms with Crippen molar-refractivity contribution in [1.82, 2.24) is 19.6 Å². The molecule has 2 aliphatic rings. The van der Waals surface area contributed by atoms with Crippen molar-refractivity contribution in [1.29, 1.82) is 0 Å². The number of nitrogens with zero attached hydrogens (tertiary/aromatic N) is 4. The van der Waals surface area contributed by atoms with E-state index in [1.165, 1.54) is 4.31 Å². The van der Waals surface area contributed by atoms with Crippen molar-refractivity contribution in [3.63, 3.8) is 0 Å². The fourth-order valence-electron chi connectivity index (χ4n) is 3.40. The van der Waals surface area contributed by atoms with Crippen LogP contribution in [0.4, 0.5) is 5.82 Å². The second-order valence-electron chi connectivity index (χ2n) is 6.37. The highest BCUT2D eigenvalue weighted by molar-refractivity contribution is 7.88. The fraction of sp³-hybridized carbons (Fsp3) is 0.667. The summed E-state index contributed by atoms with van der Waals surface area (Å²) >= 11 is 0. The molecule has 2 fully saturated rings. The van der Waals surface area contributed by atoms with E-state index in [0.29, 0.717) is 13.0 Å². The van der Waals surface area contributed by atoms with Gasteiger partial charge in [-0.25, -0.2) is 13.4 Å². The van der Waals surface area contributed by atoms with Gasteiger partial charge in [-0.15, -0.1) is 0 Å². The molecule has 3 rings (SSSR count). The third kappa shape index (κ3) is 3.84. The summed E-state index contributed by atoms with van der Waals surface area (Å²) in [5.74, 6) is 0.678. The van der Waals surface area contributed by atoms with Crippen molar-refractivity contribution in [2.45, 2.75) is 37.8 Å². The van der Waals surface area contributed by atoms with Crippen LogP contribution < -0.4 is 10.2 Å². The highest BCUT2D eigenvalue weighted by Crippen LogP contribution is 2.22. The van der Waals surface area contributed by atoms with Crippen LogP contribution in [0, 0.1) is 0 Å². The van der Waals surface area contributed by atoms with Crippen molar-refractivity contribution < 1.29 is 13.2 Å². The number of amides is 1. The molecule has 3 heterocycles. The molecule has 0 saturated carbocycles. The maximum absolute atomic E-state index is 12.5. The molecule has 0 aliphatic carbocycles. The molecule has 1 aromatic heterocycles. The van der Waals surface area contributed by atoms with E-state index in [4.69, 9.17) is 0 Å². The summed E-state index contributed by atoms with van der Waals surface area (Å²) in [6.45, 7) is 2.02. The van der Waals surface area contributed by atoms with Crippen LogP contribution in [0.5, 0.6) is 0 Å². The van der Waals surface area contributed by atoms with E-state index in [1.807, 2.05) is 0 Å². The van der Waals surface area contributed by atoms with Gasteiger partial charge in [-0.05, 0) is 25.7 Å². The van der Waals surface area contributed by atoms with E-state index in [-0.39, 0.29) is 11.9 Å². The average Bonchev–Trinajstić information content (AvgIpc) is 3.06. The highest BCUT2D eigenvalue weighted by Gasteiger charge is 2.37. The standard InChI is InChI=1S/C15H23N5O3S/c1-24(22,23)20-8-2-3-13(20)15(21)18-12-4-9-19(10-5-12)14-11-16-6-7-17-14/h6-7,11-13H,2-5,8-10H2,1H3,(H,18,21)/t13-/m0/s1. The molecule has 24 heavy (non-hydrogen) atoms. The molecule has 2 aliphatic heterocycles. The van der Waals surface area contributed by atoms with Crippen LogP contribution in [0.3, 0.4) is 0 Å². The molecule has 0 bridgehead atoms. The summed E-state index contributed by atoms with van der Waals surface area (Å²) in [4.78, 5) is 23.0. The van der Waals surface area contributed by atoms with Gasteiger partial charge in [-0.2, -0.15) is 4.31 Å². The lowest BCUT2D eigenvalue weighted by atomic mass is 10.0. The number of sulfonamides is 1. The van der Waals surface area contributed by atoms with E-state index in [1.54, 1.807) is 18.6 Å². The number of aromatic nitrogens is 2. The molecule has 1 atom stereocenters. The van der Waals surface area contributed by atoms with Gasteiger partial charge in [0.1, 0.15) is 11.9 Å². The zero-order chi connectivity index (χ0) is 17.2. The zero-order valence-electron chi connectivity index (χ0n) is 13.8. The predicted octanol–water partition coefficient (Wildman–Crippen LogP) is -0.0144. The topological polar surface area (TPSA) is 95.5 Å². The molecular weight excluding hydrogens is 330 g/mol. The number of piperidine rings is 1. The number of hydrogen-bond acceptors (Lipinski definition) is 6. The van der Waals surface area contributed by atoms with Gasteiger partial charge in [-0.3, -0.25) is 9.78 Å². The number of nitrogens with one attached hydrogen (secondary N) is 1. The summed E-state index contributed by atoms with van der Waals surface area (Å²) in [5, 5.41) is 3.03. The molecule has 1 N–H and O–H groups in total. The lowest BCUT2D eigenvalue weighted by molar-refractivity contribution is -0.125. The Kier molecular flexibility index (Phi) is 5.00. The Hall–Kier alpha value is -1.74. The molecular formula is C15H23N5O3S. The molecule has 0 aromatic carbocycles. The molecule has 0 unspecified atom stereocenters. The van der Waals surface area contributed by atoms with Gasteiger partial charge >= 0.3 is 0 Å².